The molecular formula is C20H23NO4S. The normalized spacial score (nSPS) is 10.3. The quantitative estimate of drug-likeness (QED) is 0.354. The first-order valence-electron chi connectivity index (χ1n) is 8.58. The van der Waals surface area contributed by atoms with Gasteiger partial charge in [-0.05, 0) is 18.1 Å². The van der Waals surface area contributed by atoms with E-state index in [1.807, 2.05) is 30.3 Å². The van der Waals surface area contributed by atoms with Crippen LogP contribution in [0.1, 0.15) is 32.6 Å². The van der Waals surface area contributed by atoms with Crippen LogP contribution in [-0.4, -0.2) is 23.7 Å². The van der Waals surface area contributed by atoms with E-state index in [2.05, 4.69) is 13.5 Å². The van der Waals surface area contributed by atoms with Crippen LogP contribution in [0, 0.1) is 0 Å². The molecule has 0 aliphatic heterocycles. The Bertz CT molecular complexity index is 754. The Morgan fingerprint density at radius 2 is 2.00 bits per heavy atom. The van der Waals surface area contributed by atoms with Gasteiger partial charge in [0.05, 0.1) is 5.69 Å². The van der Waals surface area contributed by atoms with E-state index >= 15 is 0 Å². The minimum atomic E-state index is -1.40. The summed E-state index contributed by atoms with van der Waals surface area (Å²) in [5.41, 5.74) is 1.41. The minimum Gasteiger partial charge on any atom is -0.449 e. The van der Waals surface area contributed by atoms with Crippen LogP contribution in [0.25, 0.3) is 10.4 Å². The number of benzene rings is 1. The van der Waals surface area contributed by atoms with Gasteiger partial charge in [-0.25, -0.2) is 4.79 Å². The van der Waals surface area contributed by atoms with E-state index in [-0.39, 0.29) is 11.0 Å². The van der Waals surface area contributed by atoms with E-state index in [1.54, 1.807) is 17.0 Å². The number of carbonyl (C=O) groups excluding carboxylic acids is 1. The van der Waals surface area contributed by atoms with Gasteiger partial charge in [-0.3, -0.25) is 4.79 Å². The number of thiophene rings is 1. The van der Waals surface area contributed by atoms with Crippen molar-refractivity contribution in [2.75, 3.05) is 11.4 Å². The predicted octanol–water partition coefficient (Wildman–Crippen LogP) is 5.57. The summed E-state index contributed by atoms with van der Waals surface area (Å²) in [6.07, 6.45) is 3.44. The number of carbonyl (C=O) groups is 2. The van der Waals surface area contributed by atoms with Crippen LogP contribution in [0.3, 0.4) is 0 Å². The molecule has 5 nitrogen and oxygen atoms in total. The number of hydrogen-bond donors (Lipinski definition) is 1. The Kier molecular flexibility index (Phi) is 7.41. The van der Waals surface area contributed by atoms with Crippen LogP contribution >= 0.6 is 11.3 Å². The van der Waals surface area contributed by atoms with Gasteiger partial charge in [0.1, 0.15) is 0 Å². The standard InChI is InChI=1S/C20H23NO4S/c1-3-5-7-12-18(22)21(13-4-2)16-14-17(15-10-8-6-9-11-15)26-19(16)25-20(23)24/h4,6,8-11,14H,2-3,5,7,12-13H2,1H3,(H,23,24). The smallest absolute Gasteiger partial charge is 0.449 e. The molecule has 0 atom stereocenters. The molecule has 2 rings (SSSR count). The lowest BCUT2D eigenvalue weighted by Crippen LogP contribution is -2.31. The number of amides is 1. The van der Waals surface area contributed by atoms with Gasteiger partial charge in [-0.1, -0.05) is 67.5 Å². The van der Waals surface area contributed by atoms with E-state index in [4.69, 9.17) is 9.84 Å². The lowest BCUT2D eigenvalue weighted by molar-refractivity contribution is -0.118. The molecule has 26 heavy (non-hydrogen) atoms. The fourth-order valence-corrected chi connectivity index (χ4v) is 3.59. The second kappa shape index (κ2) is 9.77. The molecule has 0 saturated carbocycles. The van der Waals surface area contributed by atoms with Gasteiger partial charge in [0, 0.05) is 17.8 Å². The number of ether oxygens (including phenoxy) is 1. The number of hydrogen-bond acceptors (Lipinski definition) is 4. The average Bonchev–Trinajstić information content (AvgIpc) is 3.03. The van der Waals surface area contributed by atoms with E-state index in [0.29, 0.717) is 18.7 Å². The van der Waals surface area contributed by atoms with Gasteiger partial charge in [-0.15, -0.1) is 6.58 Å². The third-order valence-electron chi connectivity index (χ3n) is 3.82. The zero-order valence-electron chi connectivity index (χ0n) is 14.8. The van der Waals surface area contributed by atoms with Gasteiger partial charge in [0.2, 0.25) is 11.0 Å². The maximum Gasteiger partial charge on any atom is 0.512 e. The summed E-state index contributed by atoms with van der Waals surface area (Å²) in [6, 6.07) is 11.4. The molecule has 1 aromatic heterocycles. The predicted molar refractivity (Wildman–Crippen MR) is 105 cm³/mol. The van der Waals surface area contributed by atoms with Crippen molar-refractivity contribution in [3.8, 4) is 15.5 Å². The molecular weight excluding hydrogens is 350 g/mol. The maximum atomic E-state index is 12.7. The summed E-state index contributed by atoms with van der Waals surface area (Å²) in [7, 11) is 0. The number of rotatable bonds is 9. The highest BCUT2D eigenvalue weighted by Crippen LogP contribution is 2.43. The molecule has 0 saturated heterocycles. The Labute approximate surface area is 157 Å². The molecule has 0 radical (unpaired) electrons. The highest BCUT2D eigenvalue weighted by molar-refractivity contribution is 7.18. The largest absolute Gasteiger partial charge is 0.512 e. The Morgan fingerprint density at radius 1 is 1.27 bits per heavy atom. The monoisotopic (exact) mass is 373 g/mol. The van der Waals surface area contributed by atoms with Gasteiger partial charge in [0.15, 0.2) is 0 Å². The van der Waals surface area contributed by atoms with Crippen molar-refractivity contribution in [3.05, 3.63) is 49.1 Å². The number of nitrogens with zero attached hydrogens (tertiary/aromatic N) is 1. The Balaban J connectivity index is 2.38. The molecule has 0 unspecified atom stereocenters. The first-order valence-corrected chi connectivity index (χ1v) is 9.39. The summed E-state index contributed by atoms with van der Waals surface area (Å²) in [4.78, 5) is 26.1. The van der Waals surface area contributed by atoms with Crippen molar-refractivity contribution < 1.29 is 19.4 Å². The molecule has 138 valence electrons. The SMILES string of the molecule is C=CCN(C(=O)CCCCC)c1cc(-c2ccccc2)sc1OC(=O)O. The number of unbranched alkanes of at least 4 members (excludes halogenated alkanes) is 2. The summed E-state index contributed by atoms with van der Waals surface area (Å²) < 4.78 is 4.96. The summed E-state index contributed by atoms with van der Waals surface area (Å²) in [5.74, 6) is -0.0639. The summed E-state index contributed by atoms with van der Waals surface area (Å²) in [5, 5.41) is 9.25. The molecule has 0 aliphatic carbocycles. The van der Waals surface area contributed by atoms with Crippen LogP contribution in [0.4, 0.5) is 10.5 Å². The molecule has 0 spiro atoms. The fourth-order valence-electron chi connectivity index (χ4n) is 2.57. The first-order chi connectivity index (χ1) is 12.6. The molecule has 1 heterocycles. The zero-order valence-corrected chi connectivity index (χ0v) is 15.6. The molecule has 0 fully saturated rings. The van der Waals surface area contributed by atoms with Crippen LogP contribution < -0.4 is 9.64 Å². The lowest BCUT2D eigenvalue weighted by atomic mass is 10.1. The summed E-state index contributed by atoms with van der Waals surface area (Å²) >= 11 is 1.21. The van der Waals surface area contributed by atoms with E-state index in [0.717, 1.165) is 29.7 Å². The number of carboxylic acid groups (broad SMARTS) is 1. The molecule has 6 heteroatoms. The maximum absolute atomic E-state index is 12.7. The van der Waals surface area contributed by atoms with Crippen molar-refractivity contribution >= 4 is 29.1 Å². The molecule has 1 amide bonds. The van der Waals surface area contributed by atoms with Gasteiger partial charge in [0.25, 0.3) is 0 Å². The lowest BCUT2D eigenvalue weighted by Gasteiger charge is -2.21. The molecule has 1 N–H and O–H groups in total. The molecule has 1 aromatic carbocycles. The first kappa shape index (κ1) is 19.7. The zero-order chi connectivity index (χ0) is 18.9. The fraction of sp³-hybridized carbons (Fsp3) is 0.300. The van der Waals surface area contributed by atoms with Crippen molar-refractivity contribution in [1.82, 2.24) is 0 Å². The van der Waals surface area contributed by atoms with Crippen LogP contribution in [0.5, 0.6) is 5.06 Å². The third kappa shape index (κ3) is 5.20. The van der Waals surface area contributed by atoms with Gasteiger partial charge >= 0.3 is 6.16 Å². The second-order valence-electron chi connectivity index (χ2n) is 5.77. The number of anilines is 1. The Morgan fingerprint density at radius 3 is 2.62 bits per heavy atom. The topological polar surface area (TPSA) is 66.8 Å². The third-order valence-corrected chi connectivity index (χ3v) is 4.87. The van der Waals surface area contributed by atoms with Crippen molar-refractivity contribution in [2.24, 2.45) is 0 Å². The van der Waals surface area contributed by atoms with Crippen LogP contribution in [-0.2, 0) is 4.79 Å². The van der Waals surface area contributed by atoms with E-state index in [1.165, 1.54) is 11.3 Å². The average molecular weight is 373 g/mol. The van der Waals surface area contributed by atoms with Gasteiger partial charge < -0.3 is 14.7 Å². The van der Waals surface area contributed by atoms with E-state index < -0.39 is 6.16 Å². The van der Waals surface area contributed by atoms with Crippen molar-refractivity contribution in [2.45, 2.75) is 32.6 Å². The molecule has 2 aromatic rings. The molecule has 0 aliphatic rings. The molecule has 0 bridgehead atoms. The van der Waals surface area contributed by atoms with E-state index in [9.17, 15) is 9.59 Å². The van der Waals surface area contributed by atoms with Crippen LogP contribution in [0.2, 0.25) is 0 Å². The Hall–Kier alpha value is -2.60. The van der Waals surface area contributed by atoms with Crippen LogP contribution in [0.15, 0.2) is 49.1 Å². The highest BCUT2D eigenvalue weighted by Gasteiger charge is 2.23. The van der Waals surface area contributed by atoms with Crippen molar-refractivity contribution in [1.29, 1.82) is 0 Å². The summed E-state index contributed by atoms with van der Waals surface area (Å²) in [6.45, 7) is 6.09. The van der Waals surface area contributed by atoms with Crippen molar-refractivity contribution in [3.63, 3.8) is 0 Å². The second-order valence-corrected chi connectivity index (χ2v) is 6.78. The highest BCUT2D eigenvalue weighted by atomic mass is 32.1. The minimum absolute atomic E-state index is 0.0639. The van der Waals surface area contributed by atoms with Gasteiger partial charge in [-0.2, -0.15) is 0 Å².